The van der Waals surface area contributed by atoms with Gasteiger partial charge in [0.05, 0.1) is 17.6 Å². The van der Waals surface area contributed by atoms with Gasteiger partial charge in [-0.05, 0) is 19.0 Å². The van der Waals surface area contributed by atoms with Crippen LogP contribution in [0.4, 0.5) is 0 Å². The first-order chi connectivity index (χ1) is 9.49. The SMILES string of the molecule is O=S(=O)(NCCCN1CCOCC1)c1cc(Cl)sc1Cl. The summed E-state index contributed by atoms with van der Waals surface area (Å²) < 4.78 is 32.4. The number of ether oxygens (including phenoxy) is 1. The van der Waals surface area contributed by atoms with Crippen LogP contribution in [0.25, 0.3) is 0 Å². The van der Waals surface area contributed by atoms with Crippen LogP contribution in [-0.2, 0) is 14.8 Å². The lowest BCUT2D eigenvalue weighted by atomic mass is 10.3. The maximum absolute atomic E-state index is 12.0. The summed E-state index contributed by atoms with van der Waals surface area (Å²) in [6.45, 7) is 4.52. The molecule has 0 atom stereocenters. The van der Waals surface area contributed by atoms with Crippen LogP contribution in [0.5, 0.6) is 0 Å². The van der Waals surface area contributed by atoms with Gasteiger partial charge in [0.25, 0.3) is 0 Å². The summed E-state index contributed by atoms with van der Waals surface area (Å²) in [5, 5.41) is 0. The average molecular weight is 359 g/mol. The largest absolute Gasteiger partial charge is 0.379 e. The lowest BCUT2D eigenvalue weighted by Gasteiger charge is -2.26. The Morgan fingerprint density at radius 2 is 2.05 bits per heavy atom. The highest BCUT2D eigenvalue weighted by Gasteiger charge is 2.20. The number of nitrogens with zero attached hydrogens (tertiary/aromatic N) is 1. The molecule has 1 saturated heterocycles. The van der Waals surface area contributed by atoms with Crippen molar-refractivity contribution in [1.29, 1.82) is 0 Å². The Labute approximate surface area is 132 Å². The van der Waals surface area contributed by atoms with Crippen molar-refractivity contribution in [3.8, 4) is 0 Å². The molecular weight excluding hydrogens is 343 g/mol. The van der Waals surface area contributed by atoms with E-state index in [1.807, 2.05) is 0 Å². The van der Waals surface area contributed by atoms with Crippen LogP contribution < -0.4 is 4.72 Å². The van der Waals surface area contributed by atoms with Crippen LogP contribution in [0.3, 0.4) is 0 Å². The molecule has 0 radical (unpaired) electrons. The first-order valence-electron chi connectivity index (χ1n) is 6.23. The molecule has 1 N–H and O–H groups in total. The van der Waals surface area contributed by atoms with Crippen molar-refractivity contribution in [3.05, 3.63) is 14.7 Å². The van der Waals surface area contributed by atoms with Crippen LogP contribution in [0, 0.1) is 0 Å². The minimum Gasteiger partial charge on any atom is -0.379 e. The van der Waals surface area contributed by atoms with Gasteiger partial charge in [0.2, 0.25) is 10.0 Å². The number of thiophene rings is 1. The first-order valence-corrected chi connectivity index (χ1v) is 9.29. The van der Waals surface area contributed by atoms with Crippen molar-refractivity contribution >= 4 is 44.6 Å². The van der Waals surface area contributed by atoms with Crippen molar-refractivity contribution in [1.82, 2.24) is 9.62 Å². The van der Waals surface area contributed by atoms with Gasteiger partial charge >= 0.3 is 0 Å². The molecule has 2 heterocycles. The molecule has 0 amide bonds. The number of rotatable bonds is 6. The number of nitrogens with one attached hydrogen (secondary N) is 1. The third-order valence-corrected chi connectivity index (χ3v) is 6.18. The van der Waals surface area contributed by atoms with E-state index in [1.54, 1.807) is 0 Å². The zero-order chi connectivity index (χ0) is 14.6. The first kappa shape index (κ1) is 16.5. The summed E-state index contributed by atoms with van der Waals surface area (Å²) in [5.41, 5.74) is 0. The van der Waals surface area contributed by atoms with Crippen LogP contribution in [0.1, 0.15) is 6.42 Å². The molecule has 5 nitrogen and oxygen atoms in total. The minimum atomic E-state index is -3.57. The van der Waals surface area contributed by atoms with Gasteiger partial charge < -0.3 is 4.74 Å². The second kappa shape index (κ2) is 7.40. The number of hydrogen-bond donors (Lipinski definition) is 1. The molecule has 2 rings (SSSR count). The van der Waals surface area contributed by atoms with Gasteiger partial charge in [-0.3, -0.25) is 4.90 Å². The summed E-state index contributed by atoms with van der Waals surface area (Å²) in [6, 6.07) is 1.37. The fourth-order valence-electron chi connectivity index (χ4n) is 1.92. The topological polar surface area (TPSA) is 58.6 Å². The van der Waals surface area contributed by atoms with Crippen molar-refractivity contribution in [3.63, 3.8) is 0 Å². The molecule has 9 heteroatoms. The van der Waals surface area contributed by atoms with Gasteiger partial charge in [0.1, 0.15) is 9.23 Å². The summed E-state index contributed by atoms with van der Waals surface area (Å²) >= 11 is 12.7. The third kappa shape index (κ3) is 4.56. The predicted molar refractivity (Wildman–Crippen MR) is 81.4 cm³/mol. The van der Waals surface area contributed by atoms with E-state index < -0.39 is 10.0 Å². The van der Waals surface area contributed by atoms with Crippen LogP contribution in [0.15, 0.2) is 11.0 Å². The van der Waals surface area contributed by atoms with Gasteiger partial charge in [-0.25, -0.2) is 13.1 Å². The molecule has 0 spiro atoms. The molecular formula is C11H16Cl2N2O3S2. The highest BCUT2D eigenvalue weighted by molar-refractivity contribution is 7.89. The van der Waals surface area contributed by atoms with E-state index in [2.05, 4.69) is 9.62 Å². The molecule has 0 bridgehead atoms. The molecule has 0 saturated carbocycles. The number of sulfonamides is 1. The minimum absolute atomic E-state index is 0.0561. The predicted octanol–water partition coefficient (Wildman–Crippen LogP) is 2.06. The quantitative estimate of drug-likeness (QED) is 0.790. The molecule has 1 fully saturated rings. The standard InChI is InChI=1S/C11H16Cl2N2O3S2/c12-10-8-9(11(13)19-10)20(16,17)14-2-1-3-15-4-6-18-7-5-15/h8,14H,1-7H2. The Morgan fingerprint density at radius 3 is 2.65 bits per heavy atom. The molecule has 1 aromatic rings. The zero-order valence-electron chi connectivity index (χ0n) is 10.8. The molecule has 0 unspecified atom stereocenters. The van der Waals surface area contributed by atoms with Gasteiger partial charge in [-0.2, -0.15) is 0 Å². The second-order valence-electron chi connectivity index (χ2n) is 4.39. The zero-order valence-corrected chi connectivity index (χ0v) is 13.9. The highest BCUT2D eigenvalue weighted by Crippen LogP contribution is 2.33. The Kier molecular flexibility index (Phi) is 6.09. The normalized spacial score (nSPS) is 17.5. The van der Waals surface area contributed by atoms with Crippen LogP contribution in [-0.4, -0.2) is 52.7 Å². The second-order valence-corrected chi connectivity index (χ2v) is 8.41. The summed E-state index contributed by atoms with van der Waals surface area (Å²) in [4.78, 5) is 2.31. The smallest absolute Gasteiger partial charge is 0.242 e. The van der Waals surface area contributed by atoms with Gasteiger partial charge in [-0.1, -0.05) is 23.2 Å². The van der Waals surface area contributed by atoms with E-state index in [0.29, 0.717) is 10.9 Å². The number of hydrogen-bond acceptors (Lipinski definition) is 5. The van der Waals surface area contributed by atoms with E-state index in [-0.39, 0.29) is 9.23 Å². The molecule has 0 aromatic carbocycles. The lowest BCUT2D eigenvalue weighted by Crippen LogP contribution is -2.38. The summed E-state index contributed by atoms with van der Waals surface area (Å²) in [5.74, 6) is 0. The van der Waals surface area contributed by atoms with Crippen LogP contribution >= 0.6 is 34.5 Å². The average Bonchev–Trinajstić information content (AvgIpc) is 2.76. The Hall–Kier alpha value is 0.110. The van der Waals surface area contributed by atoms with E-state index in [1.165, 1.54) is 6.07 Å². The van der Waals surface area contributed by atoms with E-state index in [4.69, 9.17) is 27.9 Å². The van der Waals surface area contributed by atoms with Gasteiger partial charge in [-0.15, -0.1) is 11.3 Å². The molecule has 114 valence electrons. The van der Waals surface area contributed by atoms with Crippen molar-refractivity contribution in [2.24, 2.45) is 0 Å². The molecule has 1 aromatic heterocycles. The van der Waals surface area contributed by atoms with Crippen LogP contribution in [0.2, 0.25) is 8.67 Å². The Balaban J connectivity index is 1.79. The van der Waals surface area contributed by atoms with Crippen molar-refractivity contribution in [2.75, 3.05) is 39.4 Å². The molecule has 20 heavy (non-hydrogen) atoms. The van der Waals surface area contributed by atoms with Gasteiger partial charge in [0.15, 0.2) is 0 Å². The number of halogens is 2. The Bertz CT molecular complexity index is 542. The molecule has 0 aliphatic carbocycles. The van der Waals surface area contributed by atoms with E-state index in [9.17, 15) is 8.42 Å². The monoisotopic (exact) mass is 358 g/mol. The summed E-state index contributed by atoms with van der Waals surface area (Å²) in [6.07, 6.45) is 0.745. The lowest BCUT2D eigenvalue weighted by molar-refractivity contribution is 0.0376. The maximum Gasteiger partial charge on any atom is 0.242 e. The van der Waals surface area contributed by atoms with Crippen molar-refractivity contribution < 1.29 is 13.2 Å². The van der Waals surface area contributed by atoms with Gasteiger partial charge in [0, 0.05) is 19.6 Å². The fourth-order valence-corrected chi connectivity index (χ4v) is 5.14. The fraction of sp³-hybridized carbons (Fsp3) is 0.636. The maximum atomic E-state index is 12.0. The Morgan fingerprint density at radius 1 is 1.35 bits per heavy atom. The summed E-state index contributed by atoms with van der Waals surface area (Å²) in [7, 11) is -3.57. The van der Waals surface area contributed by atoms with E-state index >= 15 is 0 Å². The highest BCUT2D eigenvalue weighted by atomic mass is 35.5. The molecule has 1 aliphatic rings. The number of morpholine rings is 1. The molecule has 1 aliphatic heterocycles. The van der Waals surface area contributed by atoms with E-state index in [0.717, 1.165) is 50.6 Å². The van der Waals surface area contributed by atoms with Crippen molar-refractivity contribution in [2.45, 2.75) is 11.3 Å². The third-order valence-electron chi connectivity index (χ3n) is 2.96.